The fraction of sp³-hybridized carbons (Fsp3) is 0.263. The van der Waals surface area contributed by atoms with Crippen molar-refractivity contribution < 1.29 is 14.6 Å². The Labute approximate surface area is 155 Å². The van der Waals surface area contributed by atoms with E-state index in [2.05, 4.69) is 21.4 Å². The molecule has 0 saturated carbocycles. The van der Waals surface area contributed by atoms with E-state index in [0.717, 1.165) is 33.8 Å². The number of aromatic nitrogens is 4. The van der Waals surface area contributed by atoms with Gasteiger partial charge in [-0.2, -0.15) is 0 Å². The summed E-state index contributed by atoms with van der Waals surface area (Å²) in [4.78, 5) is 18.3. The summed E-state index contributed by atoms with van der Waals surface area (Å²) in [5.41, 5.74) is 5.62. The van der Waals surface area contributed by atoms with E-state index < -0.39 is 6.10 Å². The second kappa shape index (κ2) is 5.88. The Morgan fingerprint density at radius 1 is 1.22 bits per heavy atom. The van der Waals surface area contributed by atoms with Gasteiger partial charge in [0.1, 0.15) is 11.8 Å². The Kier molecular flexibility index (Phi) is 3.48. The summed E-state index contributed by atoms with van der Waals surface area (Å²) in [6.45, 7) is -0.165. The molecular formula is C19H17N5O3. The molecule has 1 aromatic carbocycles. The third-order valence-corrected chi connectivity index (χ3v) is 5.23. The minimum absolute atomic E-state index is 0.134. The van der Waals surface area contributed by atoms with Crippen molar-refractivity contribution in [3.05, 3.63) is 48.3 Å². The molecule has 4 heterocycles. The summed E-state index contributed by atoms with van der Waals surface area (Å²) >= 11 is 0. The van der Waals surface area contributed by atoms with Gasteiger partial charge in [0.2, 0.25) is 0 Å². The van der Waals surface area contributed by atoms with Crippen molar-refractivity contribution >= 4 is 11.8 Å². The smallest absolute Gasteiger partial charge is 0.415 e. The zero-order chi connectivity index (χ0) is 18.5. The van der Waals surface area contributed by atoms with Crippen molar-refractivity contribution in [1.29, 1.82) is 0 Å². The Morgan fingerprint density at radius 3 is 2.78 bits per heavy atom. The van der Waals surface area contributed by atoms with Crippen LogP contribution in [0.1, 0.15) is 5.56 Å². The first-order chi connectivity index (χ1) is 13.2. The molecule has 27 heavy (non-hydrogen) atoms. The Balaban J connectivity index is 1.46. The van der Waals surface area contributed by atoms with Crippen LogP contribution in [-0.4, -0.2) is 49.9 Å². The molecule has 0 radical (unpaired) electrons. The molecule has 1 saturated heterocycles. The number of hydrogen-bond acceptors (Lipinski definition) is 6. The molecule has 0 bridgehead atoms. The highest BCUT2D eigenvalue weighted by molar-refractivity contribution is 5.94. The lowest BCUT2D eigenvalue weighted by Gasteiger charge is -2.14. The van der Waals surface area contributed by atoms with Crippen LogP contribution in [-0.2, 0) is 18.2 Å². The number of pyridine rings is 1. The molecule has 0 spiro atoms. The van der Waals surface area contributed by atoms with Crippen molar-refractivity contribution in [2.24, 2.45) is 7.05 Å². The number of nitrogens with zero attached hydrogens (tertiary/aromatic N) is 5. The maximum Gasteiger partial charge on any atom is 0.415 e. The highest BCUT2D eigenvalue weighted by Crippen LogP contribution is 2.40. The van der Waals surface area contributed by atoms with Gasteiger partial charge in [-0.05, 0) is 35.7 Å². The molecule has 2 unspecified atom stereocenters. The van der Waals surface area contributed by atoms with Gasteiger partial charge in [0, 0.05) is 18.8 Å². The normalized spacial score (nSPS) is 20.5. The molecule has 5 rings (SSSR count). The summed E-state index contributed by atoms with van der Waals surface area (Å²) in [6.07, 6.45) is 3.32. The standard InChI is InChI=1S/C19H17N5O3/c1-23-17(9-21-22-23)14-4-2-12(8-20-14)11-3-5-15-13(6-11)7-16-18(10-25)27-19(26)24(15)16/h2-6,8-9,16,18,25H,7,10H2,1H3. The van der Waals surface area contributed by atoms with Gasteiger partial charge in [0.05, 0.1) is 30.2 Å². The lowest BCUT2D eigenvalue weighted by atomic mass is 10.0. The first-order valence-electron chi connectivity index (χ1n) is 8.71. The van der Waals surface area contributed by atoms with Crippen LogP contribution >= 0.6 is 0 Å². The first-order valence-corrected chi connectivity index (χ1v) is 8.71. The predicted molar refractivity (Wildman–Crippen MR) is 97.0 cm³/mol. The molecule has 136 valence electrons. The SMILES string of the molecule is Cn1nncc1-c1ccc(-c2ccc3c(c2)CC2C(CO)OC(=O)N32)cn1. The van der Waals surface area contributed by atoms with Crippen molar-refractivity contribution in [3.63, 3.8) is 0 Å². The monoisotopic (exact) mass is 363 g/mol. The summed E-state index contributed by atoms with van der Waals surface area (Å²) in [7, 11) is 1.83. The fourth-order valence-electron chi connectivity index (χ4n) is 3.85. The predicted octanol–water partition coefficient (Wildman–Crippen LogP) is 1.79. The first kappa shape index (κ1) is 16.0. The van der Waals surface area contributed by atoms with Crippen molar-refractivity contribution in [2.75, 3.05) is 11.5 Å². The van der Waals surface area contributed by atoms with E-state index in [4.69, 9.17) is 4.74 Å². The minimum atomic E-state index is -0.471. The molecule has 2 aliphatic rings. The highest BCUT2D eigenvalue weighted by Gasteiger charge is 2.47. The quantitative estimate of drug-likeness (QED) is 0.762. The number of benzene rings is 1. The van der Waals surface area contributed by atoms with Gasteiger partial charge < -0.3 is 9.84 Å². The second-order valence-corrected chi connectivity index (χ2v) is 6.76. The van der Waals surface area contributed by atoms with Crippen molar-refractivity contribution in [2.45, 2.75) is 18.6 Å². The molecule has 3 aromatic rings. The van der Waals surface area contributed by atoms with Crippen LogP contribution in [0.3, 0.4) is 0 Å². The summed E-state index contributed by atoms with van der Waals surface area (Å²) in [5, 5.41) is 17.2. The molecule has 1 fully saturated rings. The topological polar surface area (TPSA) is 93.4 Å². The van der Waals surface area contributed by atoms with E-state index in [1.165, 1.54) is 0 Å². The summed E-state index contributed by atoms with van der Waals surface area (Å²) in [6, 6.07) is 9.81. The number of fused-ring (bicyclic) bond motifs is 3. The van der Waals surface area contributed by atoms with Crippen LogP contribution in [0.5, 0.6) is 0 Å². The van der Waals surface area contributed by atoms with Crippen LogP contribution in [0.25, 0.3) is 22.5 Å². The number of cyclic esters (lactones) is 1. The van der Waals surface area contributed by atoms with E-state index in [1.807, 2.05) is 37.5 Å². The number of carbonyl (C=O) groups is 1. The highest BCUT2D eigenvalue weighted by atomic mass is 16.6. The largest absolute Gasteiger partial charge is 0.441 e. The van der Waals surface area contributed by atoms with Crippen LogP contribution in [0.15, 0.2) is 42.7 Å². The van der Waals surface area contributed by atoms with Gasteiger partial charge in [-0.1, -0.05) is 17.3 Å². The van der Waals surface area contributed by atoms with Gasteiger partial charge in [-0.3, -0.25) is 9.88 Å². The Morgan fingerprint density at radius 2 is 2.07 bits per heavy atom. The number of carbonyl (C=O) groups excluding carboxylic acids is 1. The van der Waals surface area contributed by atoms with Crippen LogP contribution in [0, 0.1) is 0 Å². The summed E-state index contributed by atoms with van der Waals surface area (Å²) < 4.78 is 6.90. The minimum Gasteiger partial charge on any atom is -0.441 e. The molecule has 8 heteroatoms. The van der Waals surface area contributed by atoms with Crippen molar-refractivity contribution in [3.8, 4) is 22.5 Å². The number of aliphatic hydroxyl groups is 1. The summed E-state index contributed by atoms with van der Waals surface area (Å²) in [5.74, 6) is 0. The van der Waals surface area contributed by atoms with E-state index in [-0.39, 0.29) is 18.7 Å². The average Bonchev–Trinajstić information content (AvgIpc) is 3.36. The number of aliphatic hydroxyl groups excluding tert-OH is 1. The number of anilines is 1. The van der Waals surface area contributed by atoms with Crippen molar-refractivity contribution in [1.82, 2.24) is 20.0 Å². The third-order valence-electron chi connectivity index (χ3n) is 5.23. The van der Waals surface area contributed by atoms with E-state index in [1.54, 1.807) is 15.8 Å². The second-order valence-electron chi connectivity index (χ2n) is 6.76. The fourth-order valence-corrected chi connectivity index (χ4v) is 3.85. The van der Waals surface area contributed by atoms with Crippen LogP contribution in [0.4, 0.5) is 10.5 Å². The maximum atomic E-state index is 12.1. The molecule has 1 N–H and O–H groups in total. The molecule has 2 atom stereocenters. The molecule has 8 nitrogen and oxygen atoms in total. The molecule has 2 aromatic heterocycles. The number of aryl methyl sites for hydroxylation is 1. The van der Waals surface area contributed by atoms with Crippen LogP contribution in [0.2, 0.25) is 0 Å². The zero-order valence-electron chi connectivity index (χ0n) is 14.6. The number of ether oxygens (including phenoxy) is 1. The number of hydrogen-bond donors (Lipinski definition) is 1. The van der Waals surface area contributed by atoms with E-state index in [0.29, 0.717) is 6.42 Å². The third kappa shape index (κ3) is 2.41. The zero-order valence-corrected chi connectivity index (χ0v) is 14.6. The van der Waals surface area contributed by atoms with Gasteiger partial charge >= 0.3 is 6.09 Å². The lowest BCUT2D eigenvalue weighted by molar-refractivity contribution is 0.0830. The molecule has 0 aliphatic carbocycles. The van der Waals surface area contributed by atoms with Gasteiger partial charge in [0.15, 0.2) is 0 Å². The van der Waals surface area contributed by atoms with E-state index in [9.17, 15) is 9.90 Å². The van der Waals surface area contributed by atoms with Gasteiger partial charge in [-0.25, -0.2) is 9.48 Å². The Hall–Kier alpha value is -3.26. The lowest BCUT2D eigenvalue weighted by Crippen LogP contribution is -2.34. The molecule has 1 amide bonds. The van der Waals surface area contributed by atoms with Crippen LogP contribution < -0.4 is 4.90 Å². The average molecular weight is 363 g/mol. The van der Waals surface area contributed by atoms with E-state index >= 15 is 0 Å². The molecular weight excluding hydrogens is 346 g/mol. The number of amides is 1. The Bertz CT molecular complexity index is 1030. The number of rotatable bonds is 3. The van der Waals surface area contributed by atoms with Gasteiger partial charge in [0.25, 0.3) is 0 Å². The maximum absolute atomic E-state index is 12.1. The van der Waals surface area contributed by atoms with Gasteiger partial charge in [-0.15, -0.1) is 5.10 Å². The molecule has 2 aliphatic heterocycles.